The molecule has 0 aromatic carbocycles. The van der Waals surface area contributed by atoms with Gasteiger partial charge in [-0.1, -0.05) is 131 Å². The third kappa shape index (κ3) is 44.5. The van der Waals surface area contributed by atoms with Crippen LogP contribution in [0.1, 0.15) is 159 Å². The summed E-state index contributed by atoms with van der Waals surface area (Å²) in [5.74, 6) is 2.22. The van der Waals surface area contributed by atoms with Crippen molar-refractivity contribution in [2.24, 2.45) is 11.8 Å². The van der Waals surface area contributed by atoms with E-state index in [0.717, 1.165) is 24.7 Å². The first-order valence-corrected chi connectivity index (χ1v) is 13.5. The first-order valence-electron chi connectivity index (χ1n) is 13.5. The Morgan fingerprint density at radius 1 is 0.500 bits per heavy atom. The summed E-state index contributed by atoms with van der Waals surface area (Å²) in [4.78, 5) is 21.3. The number of unbranched alkanes of at least 4 members (excludes halogenated alkanes) is 10. The van der Waals surface area contributed by atoms with Crippen molar-refractivity contribution >= 4 is 11.6 Å². The van der Waals surface area contributed by atoms with Gasteiger partial charge in [-0.05, 0) is 51.4 Å². The van der Waals surface area contributed by atoms with E-state index < -0.39 is 0 Å². The lowest BCUT2D eigenvalue weighted by Crippen LogP contribution is -1.87. The largest absolute Gasteiger partial charge is 0.300 e. The maximum absolute atomic E-state index is 10.7. The van der Waals surface area contributed by atoms with Crippen molar-refractivity contribution in [2.75, 3.05) is 0 Å². The highest BCUT2D eigenvalue weighted by molar-refractivity contribution is 5.77. The highest BCUT2D eigenvalue weighted by Crippen LogP contribution is 2.12. The molecule has 0 rings (SSSR count). The van der Waals surface area contributed by atoms with Gasteiger partial charge in [0.1, 0.15) is 11.6 Å². The van der Waals surface area contributed by atoms with Crippen LogP contribution in [-0.2, 0) is 9.59 Å². The number of ketones is 2. The number of carbonyl (C=O) groups is 2. The zero-order valence-electron chi connectivity index (χ0n) is 22.6. The molecule has 0 unspecified atom stereocenters. The molecule has 0 fully saturated rings. The number of Topliss-reactive ketones (excluding diaryl/α,β-unsaturated/α-hetero) is 2. The molecule has 0 saturated heterocycles. The third-order valence-electron chi connectivity index (χ3n) is 5.45. The van der Waals surface area contributed by atoms with Crippen molar-refractivity contribution < 1.29 is 9.59 Å². The van der Waals surface area contributed by atoms with Gasteiger partial charge in [0.05, 0.1) is 0 Å². The number of hydrogen-bond donors (Lipinski definition) is 0. The van der Waals surface area contributed by atoms with Crippen molar-refractivity contribution in [3.63, 3.8) is 0 Å². The van der Waals surface area contributed by atoms with Crippen molar-refractivity contribution in [1.82, 2.24) is 0 Å². The number of allylic oxidation sites excluding steroid dienone is 4. The average Bonchev–Trinajstić information content (AvgIpc) is 2.70. The van der Waals surface area contributed by atoms with E-state index in [4.69, 9.17) is 0 Å². The lowest BCUT2D eigenvalue weighted by Gasteiger charge is -2.03. The summed E-state index contributed by atoms with van der Waals surface area (Å²) in [6.45, 7) is 12.4. The molecule has 0 radical (unpaired) electrons. The molecule has 0 aliphatic rings. The van der Waals surface area contributed by atoms with Crippen LogP contribution in [0.15, 0.2) is 24.3 Å². The molecule has 0 heterocycles. The summed E-state index contributed by atoms with van der Waals surface area (Å²) < 4.78 is 0. The van der Waals surface area contributed by atoms with E-state index in [1.54, 1.807) is 13.8 Å². The molecular formula is C32H64O2. The standard InChI is InChI=1S/2C15H28O.2CH4/c2*1-14(2)12-10-8-6-4-5-7-9-11-13-15(3)16;;/h2*9,11,14H,4-8,10,12-13H2,1-3H3;2*1H4/b11-9+;11-9-;;. The Hall–Kier alpha value is -1.18. The molecule has 2 nitrogen and oxygen atoms in total. The van der Waals surface area contributed by atoms with Gasteiger partial charge in [-0.2, -0.15) is 0 Å². The first kappa shape index (κ1) is 40.0. The lowest BCUT2D eigenvalue weighted by molar-refractivity contribution is -0.117. The fourth-order valence-corrected chi connectivity index (χ4v) is 3.42. The van der Waals surface area contributed by atoms with E-state index in [1.165, 1.54) is 77.0 Å². The van der Waals surface area contributed by atoms with Gasteiger partial charge in [-0.25, -0.2) is 0 Å². The van der Waals surface area contributed by atoms with E-state index in [1.807, 2.05) is 12.2 Å². The fourth-order valence-electron chi connectivity index (χ4n) is 3.42. The van der Waals surface area contributed by atoms with Gasteiger partial charge in [0.25, 0.3) is 0 Å². The molecule has 0 amide bonds. The number of hydrogen-bond acceptors (Lipinski definition) is 2. The molecule has 0 aromatic heterocycles. The van der Waals surface area contributed by atoms with Gasteiger partial charge in [0, 0.05) is 12.8 Å². The van der Waals surface area contributed by atoms with Gasteiger partial charge < -0.3 is 0 Å². The maximum atomic E-state index is 10.7. The van der Waals surface area contributed by atoms with Crippen molar-refractivity contribution in [1.29, 1.82) is 0 Å². The molecule has 0 spiro atoms. The van der Waals surface area contributed by atoms with E-state index in [9.17, 15) is 9.59 Å². The van der Waals surface area contributed by atoms with Crippen LogP contribution in [-0.4, -0.2) is 11.6 Å². The topological polar surface area (TPSA) is 34.1 Å². The minimum absolute atomic E-state index is 0. The van der Waals surface area contributed by atoms with Crippen LogP contribution in [0.2, 0.25) is 0 Å². The summed E-state index contributed by atoms with van der Waals surface area (Å²) in [7, 11) is 0. The third-order valence-corrected chi connectivity index (χ3v) is 5.45. The van der Waals surface area contributed by atoms with Crippen molar-refractivity contribution in [2.45, 2.75) is 159 Å². The summed E-state index contributed by atoms with van der Waals surface area (Å²) >= 11 is 0. The Balaban J connectivity index is -0.000000250. The van der Waals surface area contributed by atoms with Crippen LogP contribution in [0.4, 0.5) is 0 Å². The lowest BCUT2D eigenvalue weighted by atomic mass is 10.0. The van der Waals surface area contributed by atoms with Crippen molar-refractivity contribution in [3.05, 3.63) is 24.3 Å². The molecule has 34 heavy (non-hydrogen) atoms. The SMILES string of the molecule is C.C.CC(=O)C/C=C/CCCCCCCC(C)C.CC(=O)C/C=C\CCCCCCCC(C)C. The normalized spacial score (nSPS) is 10.8. The Kier molecular flexibility index (Phi) is 37.4. The van der Waals surface area contributed by atoms with Gasteiger partial charge in [-0.3, -0.25) is 9.59 Å². The minimum Gasteiger partial charge on any atom is -0.300 e. The molecular weight excluding hydrogens is 416 g/mol. The molecule has 0 aliphatic carbocycles. The highest BCUT2D eigenvalue weighted by Gasteiger charge is 1.95. The van der Waals surface area contributed by atoms with Crippen LogP contribution >= 0.6 is 0 Å². The Morgan fingerprint density at radius 3 is 1.09 bits per heavy atom. The second-order valence-corrected chi connectivity index (χ2v) is 10.2. The zero-order valence-corrected chi connectivity index (χ0v) is 22.6. The summed E-state index contributed by atoms with van der Waals surface area (Å²) in [5, 5.41) is 0. The van der Waals surface area contributed by atoms with Crippen LogP contribution in [0, 0.1) is 11.8 Å². The maximum Gasteiger partial charge on any atom is 0.133 e. The fraction of sp³-hybridized carbons (Fsp3) is 0.812. The highest BCUT2D eigenvalue weighted by atomic mass is 16.1. The second kappa shape index (κ2) is 31.8. The summed E-state index contributed by atoms with van der Waals surface area (Å²) in [5.41, 5.74) is 0. The summed E-state index contributed by atoms with van der Waals surface area (Å²) in [6.07, 6.45) is 28.0. The first-order chi connectivity index (χ1) is 15.3. The molecule has 0 aromatic rings. The summed E-state index contributed by atoms with van der Waals surface area (Å²) in [6, 6.07) is 0. The van der Waals surface area contributed by atoms with E-state index in [-0.39, 0.29) is 26.4 Å². The van der Waals surface area contributed by atoms with Gasteiger partial charge in [-0.15, -0.1) is 0 Å². The average molecular weight is 481 g/mol. The Labute approximate surface area is 216 Å². The smallest absolute Gasteiger partial charge is 0.133 e. The molecule has 204 valence electrons. The number of rotatable bonds is 20. The van der Waals surface area contributed by atoms with Crippen LogP contribution in [0.3, 0.4) is 0 Å². The van der Waals surface area contributed by atoms with Crippen LogP contribution < -0.4 is 0 Å². The van der Waals surface area contributed by atoms with Crippen molar-refractivity contribution in [3.8, 4) is 0 Å². The predicted molar refractivity (Wildman–Crippen MR) is 157 cm³/mol. The zero-order chi connectivity index (χ0) is 24.5. The molecule has 0 aliphatic heterocycles. The predicted octanol–water partition coefficient (Wildman–Crippen LogP) is 11.1. The van der Waals surface area contributed by atoms with Crippen LogP contribution in [0.25, 0.3) is 0 Å². The van der Waals surface area contributed by atoms with E-state index in [2.05, 4.69) is 39.8 Å². The molecule has 0 atom stereocenters. The van der Waals surface area contributed by atoms with Crippen LogP contribution in [0.5, 0.6) is 0 Å². The van der Waals surface area contributed by atoms with Gasteiger partial charge in [0.2, 0.25) is 0 Å². The Bertz CT molecular complexity index is 427. The second-order valence-electron chi connectivity index (χ2n) is 10.2. The number of carbonyl (C=O) groups excluding carboxylic acids is 2. The van der Waals surface area contributed by atoms with Gasteiger partial charge >= 0.3 is 0 Å². The van der Waals surface area contributed by atoms with E-state index >= 15 is 0 Å². The van der Waals surface area contributed by atoms with E-state index in [0.29, 0.717) is 12.8 Å². The Morgan fingerprint density at radius 2 is 0.794 bits per heavy atom. The van der Waals surface area contributed by atoms with Gasteiger partial charge in [0.15, 0.2) is 0 Å². The molecule has 2 heteroatoms. The monoisotopic (exact) mass is 480 g/mol. The molecule has 0 bridgehead atoms. The molecule has 0 saturated carbocycles. The minimum atomic E-state index is 0. The quantitative estimate of drug-likeness (QED) is 0.128. The molecule has 0 N–H and O–H groups in total.